The molecule has 0 N–H and O–H groups in total. The van der Waals surface area contributed by atoms with Crippen molar-refractivity contribution < 1.29 is 19.1 Å². The lowest BCUT2D eigenvalue weighted by molar-refractivity contribution is -0.167. The highest BCUT2D eigenvalue weighted by molar-refractivity contribution is 6.29. The van der Waals surface area contributed by atoms with Gasteiger partial charge in [0.1, 0.15) is 0 Å². The Kier molecular flexibility index (Phi) is 6.96. The maximum Gasteiger partial charge on any atom is 0.417 e. The van der Waals surface area contributed by atoms with Crippen molar-refractivity contribution in [3.8, 4) is 0 Å². The van der Waals surface area contributed by atoms with Crippen LogP contribution in [0.1, 0.15) is 33.1 Å². The van der Waals surface area contributed by atoms with Crippen molar-refractivity contribution in [2.45, 2.75) is 33.1 Å². The summed E-state index contributed by atoms with van der Waals surface area (Å²) in [7, 11) is 0. The van der Waals surface area contributed by atoms with Crippen molar-refractivity contribution in [2.75, 3.05) is 13.2 Å². The molecule has 0 aromatic heterocycles. The number of esters is 2. The van der Waals surface area contributed by atoms with Crippen molar-refractivity contribution in [1.82, 2.24) is 0 Å². The number of hydrogen-bond acceptors (Lipinski definition) is 4. The quantitative estimate of drug-likeness (QED) is 0.370. The van der Waals surface area contributed by atoms with Gasteiger partial charge < -0.3 is 9.47 Å². The fourth-order valence-electron chi connectivity index (χ4n) is 0.622. The van der Waals surface area contributed by atoms with Crippen molar-refractivity contribution in [3.63, 3.8) is 0 Å². The Morgan fingerprint density at radius 2 is 1.46 bits per heavy atom. The monoisotopic (exact) mass is 188 g/mol. The number of ether oxygens (including phenoxy) is 2. The van der Waals surface area contributed by atoms with Crippen LogP contribution in [-0.4, -0.2) is 25.2 Å². The topological polar surface area (TPSA) is 52.6 Å². The summed E-state index contributed by atoms with van der Waals surface area (Å²) in [6.45, 7) is 4.39. The average molecular weight is 188 g/mol. The van der Waals surface area contributed by atoms with Crippen LogP contribution in [0, 0.1) is 0 Å². The Labute approximate surface area is 78.2 Å². The van der Waals surface area contributed by atoms with E-state index < -0.39 is 11.9 Å². The number of unbranched alkanes of at least 4 members (excludes halogenated alkanes) is 1. The fourth-order valence-corrected chi connectivity index (χ4v) is 0.622. The molecule has 76 valence electrons. The summed E-state index contributed by atoms with van der Waals surface area (Å²) in [6, 6.07) is 0. The largest absolute Gasteiger partial charge is 0.457 e. The van der Waals surface area contributed by atoms with Gasteiger partial charge >= 0.3 is 11.9 Å². The first-order valence-electron chi connectivity index (χ1n) is 4.56. The number of rotatable bonds is 5. The summed E-state index contributed by atoms with van der Waals surface area (Å²) in [5, 5.41) is 0. The molecule has 0 spiro atoms. The standard InChI is InChI=1S/C9H16O4/c1-3-5-7-13-9(11)8(10)12-6-4-2/h3-7H2,1-2H3. The summed E-state index contributed by atoms with van der Waals surface area (Å²) in [6.07, 6.45) is 2.40. The third-order valence-corrected chi connectivity index (χ3v) is 1.33. The lowest BCUT2D eigenvalue weighted by Crippen LogP contribution is -2.21. The van der Waals surface area contributed by atoms with E-state index in [1.807, 2.05) is 13.8 Å². The molecule has 0 aliphatic rings. The van der Waals surface area contributed by atoms with Gasteiger partial charge in [-0.15, -0.1) is 0 Å². The minimum Gasteiger partial charge on any atom is -0.457 e. The van der Waals surface area contributed by atoms with E-state index in [2.05, 4.69) is 9.47 Å². The van der Waals surface area contributed by atoms with E-state index >= 15 is 0 Å². The van der Waals surface area contributed by atoms with Crippen LogP contribution in [0.2, 0.25) is 0 Å². The Morgan fingerprint density at radius 3 is 1.92 bits per heavy atom. The maximum absolute atomic E-state index is 10.8. The second kappa shape index (κ2) is 7.58. The highest BCUT2D eigenvalue weighted by Crippen LogP contribution is 1.91. The Morgan fingerprint density at radius 1 is 0.923 bits per heavy atom. The first-order valence-corrected chi connectivity index (χ1v) is 4.56. The van der Waals surface area contributed by atoms with Crippen molar-refractivity contribution in [3.05, 3.63) is 0 Å². The Hall–Kier alpha value is -1.06. The van der Waals surface area contributed by atoms with Crippen LogP contribution in [0.3, 0.4) is 0 Å². The van der Waals surface area contributed by atoms with Crippen LogP contribution in [0.5, 0.6) is 0 Å². The smallest absolute Gasteiger partial charge is 0.417 e. The number of carbonyl (C=O) groups is 2. The fraction of sp³-hybridized carbons (Fsp3) is 0.778. The molecule has 0 saturated carbocycles. The maximum atomic E-state index is 10.8. The molecule has 0 rings (SSSR count). The molecule has 0 unspecified atom stereocenters. The number of hydrogen-bond donors (Lipinski definition) is 0. The van der Waals surface area contributed by atoms with Crippen LogP contribution >= 0.6 is 0 Å². The zero-order valence-electron chi connectivity index (χ0n) is 8.17. The normalized spacial score (nSPS) is 9.38. The van der Waals surface area contributed by atoms with Crippen LogP contribution in [0.4, 0.5) is 0 Å². The molecule has 0 aliphatic heterocycles. The second-order valence-electron chi connectivity index (χ2n) is 2.63. The highest BCUT2D eigenvalue weighted by Gasteiger charge is 2.15. The summed E-state index contributed by atoms with van der Waals surface area (Å²) >= 11 is 0. The molecule has 0 amide bonds. The van der Waals surface area contributed by atoms with Crippen LogP contribution in [0.25, 0.3) is 0 Å². The summed E-state index contributed by atoms with van der Waals surface area (Å²) in [5.74, 6) is -1.78. The van der Waals surface area contributed by atoms with Gasteiger partial charge in [-0.2, -0.15) is 0 Å². The van der Waals surface area contributed by atoms with Gasteiger partial charge in [0, 0.05) is 0 Å². The second-order valence-corrected chi connectivity index (χ2v) is 2.63. The van der Waals surface area contributed by atoms with Gasteiger partial charge in [0.25, 0.3) is 0 Å². The zero-order valence-corrected chi connectivity index (χ0v) is 8.17. The van der Waals surface area contributed by atoms with Crippen LogP contribution in [-0.2, 0) is 19.1 Å². The molecule has 0 aliphatic carbocycles. The summed E-state index contributed by atoms with van der Waals surface area (Å²) in [5.41, 5.74) is 0. The van der Waals surface area contributed by atoms with E-state index in [0.717, 1.165) is 12.8 Å². The SMILES string of the molecule is CCCCOC(=O)C(=O)OCCC. The van der Waals surface area contributed by atoms with Gasteiger partial charge in [0.15, 0.2) is 0 Å². The minimum atomic E-state index is -0.891. The third-order valence-electron chi connectivity index (χ3n) is 1.33. The molecular weight excluding hydrogens is 172 g/mol. The molecule has 4 heteroatoms. The van der Waals surface area contributed by atoms with Crippen molar-refractivity contribution in [2.24, 2.45) is 0 Å². The molecule has 0 heterocycles. The first-order chi connectivity index (χ1) is 6.22. The lowest BCUT2D eigenvalue weighted by Gasteiger charge is -2.03. The molecule has 13 heavy (non-hydrogen) atoms. The van der Waals surface area contributed by atoms with E-state index in [1.165, 1.54) is 0 Å². The lowest BCUT2D eigenvalue weighted by atomic mass is 10.4. The third kappa shape index (κ3) is 6.13. The Balaban J connectivity index is 3.51. The molecule has 0 bridgehead atoms. The van der Waals surface area contributed by atoms with Gasteiger partial charge in [-0.1, -0.05) is 20.3 Å². The van der Waals surface area contributed by atoms with E-state index in [4.69, 9.17) is 0 Å². The van der Waals surface area contributed by atoms with Gasteiger partial charge in [-0.25, -0.2) is 9.59 Å². The van der Waals surface area contributed by atoms with Crippen molar-refractivity contribution in [1.29, 1.82) is 0 Å². The van der Waals surface area contributed by atoms with Gasteiger partial charge in [0.2, 0.25) is 0 Å². The predicted octanol–water partition coefficient (Wildman–Crippen LogP) is 1.28. The summed E-state index contributed by atoms with van der Waals surface area (Å²) in [4.78, 5) is 21.6. The van der Waals surface area contributed by atoms with Crippen molar-refractivity contribution >= 4 is 11.9 Å². The molecule has 0 radical (unpaired) electrons. The van der Waals surface area contributed by atoms with Crippen LogP contribution in [0.15, 0.2) is 0 Å². The average Bonchev–Trinajstić information content (AvgIpc) is 2.14. The molecule has 4 nitrogen and oxygen atoms in total. The van der Waals surface area contributed by atoms with E-state index in [0.29, 0.717) is 6.42 Å². The van der Waals surface area contributed by atoms with E-state index in [1.54, 1.807) is 0 Å². The van der Waals surface area contributed by atoms with Gasteiger partial charge in [0.05, 0.1) is 13.2 Å². The molecule has 0 saturated heterocycles. The summed E-state index contributed by atoms with van der Waals surface area (Å²) < 4.78 is 9.20. The van der Waals surface area contributed by atoms with Crippen LogP contribution < -0.4 is 0 Å². The molecule has 0 aromatic rings. The number of carbonyl (C=O) groups excluding carboxylic acids is 2. The minimum absolute atomic E-state index is 0.266. The van der Waals surface area contributed by atoms with Gasteiger partial charge in [-0.3, -0.25) is 0 Å². The molecule has 0 aromatic carbocycles. The highest BCUT2D eigenvalue weighted by atomic mass is 16.6. The van der Waals surface area contributed by atoms with E-state index in [9.17, 15) is 9.59 Å². The van der Waals surface area contributed by atoms with Gasteiger partial charge in [-0.05, 0) is 12.8 Å². The Bertz CT molecular complexity index is 165. The zero-order chi connectivity index (χ0) is 10.1. The molecule has 0 atom stereocenters. The van der Waals surface area contributed by atoms with E-state index in [-0.39, 0.29) is 13.2 Å². The first kappa shape index (κ1) is 11.9. The predicted molar refractivity (Wildman–Crippen MR) is 47.1 cm³/mol. The molecular formula is C9H16O4. The molecule has 0 fully saturated rings.